The van der Waals surface area contributed by atoms with Crippen molar-refractivity contribution >= 4 is 23.2 Å². The fourth-order valence-electron chi connectivity index (χ4n) is 3.99. The zero-order valence-corrected chi connectivity index (χ0v) is 18.1. The lowest BCUT2D eigenvalue weighted by molar-refractivity contribution is -0.121. The van der Waals surface area contributed by atoms with Gasteiger partial charge in [0, 0.05) is 24.3 Å². The summed E-state index contributed by atoms with van der Waals surface area (Å²) in [5.41, 5.74) is 7.72. The van der Waals surface area contributed by atoms with Crippen LogP contribution in [-0.2, 0) is 9.59 Å². The molecule has 2 N–H and O–H groups in total. The molecule has 6 heteroatoms. The summed E-state index contributed by atoms with van der Waals surface area (Å²) < 4.78 is 0. The molecule has 2 saturated carbocycles. The minimum absolute atomic E-state index is 0.0142. The van der Waals surface area contributed by atoms with E-state index < -0.39 is 0 Å². The van der Waals surface area contributed by atoms with Crippen LogP contribution in [0.25, 0.3) is 0 Å². The van der Waals surface area contributed by atoms with Crippen LogP contribution in [0.15, 0.2) is 10.2 Å². The van der Waals surface area contributed by atoms with Crippen LogP contribution in [0.2, 0.25) is 0 Å². The second-order valence-corrected chi connectivity index (χ2v) is 8.52. The minimum atomic E-state index is -0.0142. The number of hydrogen-bond acceptors (Lipinski definition) is 4. The van der Waals surface area contributed by atoms with Gasteiger partial charge in [-0.05, 0) is 64.2 Å². The molecule has 0 aromatic carbocycles. The Kier molecular flexibility index (Phi) is 12.3. The maximum atomic E-state index is 12.0. The van der Waals surface area contributed by atoms with Crippen molar-refractivity contribution in [1.82, 2.24) is 10.9 Å². The van der Waals surface area contributed by atoms with Crippen LogP contribution in [0.3, 0.4) is 0 Å². The Morgan fingerprint density at radius 1 is 0.552 bits per heavy atom. The number of hydrogen-bond donors (Lipinski definition) is 2. The topological polar surface area (TPSA) is 82.9 Å². The molecule has 0 unspecified atom stereocenters. The van der Waals surface area contributed by atoms with Crippen LogP contribution in [0.5, 0.6) is 0 Å². The van der Waals surface area contributed by atoms with E-state index in [0.717, 1.165) is 56.4 Å². The quantitative estimate of drug-likeness (QED) is 0.421. The van der Waals surface area contributed by atoms with Gasteiger partial charge >= 0.3 is 0 Å². The average molecular weight is 405 g/mol. The number of nitrogens with one attached hydrogen (secondary N) is 2. The van der Waals surface area contributed by atoms with E-state index in [1.807, 2.05) is 0 Å². The number of unbranched alkanes of at least 4 members (excludes halogenated alkanes) is 2. The van der Waals surface area contributed by atoms with E-state index in [1.165, 1.54) is 64.2 Å². The SMILES string of the molecule is O=C(CCCCCC(=O)NN=C1CCCCCCC1)NN=C1CCCCCCC1. The van der Waals surface area contributed by atoms with E-state index in [2.05, 4.69) is 21.1 Å². The van der Waals surface area contributed by atoms with E-state index in [9.17, 15) is 9.59 Å². The van der Waals surface area contributed by atoms with Crippen LogP contribution in [0.4, 0.5) is 0 Å². The van der Waals surface area contributed by atoms with Gasteiger partial charge in [0.25, 0.3) is 0 Å². The second kappa shape index (κ2) is 15.2. The standard InChI is InChI=1S/C23H40N4O2/c28-22(26-24-20-14-8-3-1-4-9-15-20)18-12-7-13-19-23(29)27-25-21-16-10-5-2-6-11-17-21/h1-19H2,(H,26,28)(H,27,29). The molecule has 0 saturated heterocycles. The van der Waals surface area contributed by atoms with E-state index in [-0.39, 0.29) is 11.8 Å². The summed E-state index contributed by atoms with van der Waals surface area (Å²) in [5, 5.41) is 8.66. The van der Waals surface area contributed by atoms with Gasteiger partial charge in [0.15, 0.2) is 0 Å². The monoisotopic (exact) mass is 404 g/mol. The Morgan fingerprint density at radius 3 is 1.28 bits per heavy atom. The molecule has 0 atom stereocenters. The van der Waals surface area contributed by atoms with Crippen molar-refractivity contribution in [3.63, 3.8) is 0 Å². The Hall–Kier alpha value is -1.72. The predicted molar refractivity (Wildman–Crippen MR) is 119 cm³/mol. The molecule has 0 spiro atoms. The molecule has 0 heterocycles. The molecule has 2 aliphatic carbocycles. The number of carbonyl (C=O) groups excluding carboxylic acids is 2. The lowest BCUT2D eigenvalue weighted by atomic mass is 9.99. The van der Waals surface area contributed by atoms with Crippen molar-refractivity contribution in [1.29, 1.82) is 0 Å². The molecule has 0 bridgehead atoms. The van der Waals surface area contributed by atoms with E-state index in [1.54, 1.807) is 0 Å². The first kappa shape index (κ1) is 23.6. The smallest absolute Gasteiger partial charge is 0.240 e. The maximum Gasteiger partial charge on any atom is 0.240 e. The summed E-state index contributed by atoms with van der Waals surface area (Å²) in [5.74, 6) is -0.0283. The highest BCUT2D eigenvalue weighted by atomic mass is 16.2. The lowest BCUT2D eigenvalue weighted by Gasteiger charge is -2.11. The number of nitrogens with zero attached hydrogens (tertiary/aromatic N) is 2. The molecule has 164 valence electrons. The normalized spacial score (nSPS) is 18.6. The van der Waals surface area contributed by atoms with Crippen LogP contribution in [-0.4, -0.2) is 23.2 Å². The summed E-state index contributed by atoms with van der Waals surface area (Å²) in [6.45, 7) is 0. The van der Waals surface area contributed by atoms with Crippen molar-refractivity contribution < 1.29 is 9.59 Å². The summed E-state index contributed by atoms with van der Waals surface area (Å²) in [7, 11) is 0. The van der Waals surface area contributed by atoms with Gasteiger partial charge in [-0.25, -0.2) is 10.9 Å². The van der Waals surface area contributed by atoms with Crippen molar-refractivity contribution in [3.8, 4) is 0 Å². The van der Waals surface area contributed by atoms with Crippen LogP contribution < -0.4 is 10.9 Å². The summed E-state index contributed by atoms with van der Waals surface area (Å²) in [6.07, 6.45) is 19.9. The molecule has 0 aliphatic heterocycles. The van der Waals surface area contributed by atoms with Crippen molar-refractivity contribution in [2.75, 3.05) is 0 Å². The predicted octanol–water partition coefficient (Wildman–Crippen LogP) is 5.37. The first-order valence-electron chi connectivity index (χ1n) is 11.9. The fraction of sp³-hybridized carbons (Fsp3) is 0.826. The van der Waals surface area contributed by atoms with E-state index >= 15 is 0 Å². The zero-order valence-electron chi connectivity index (χ0n) is 18.1. The number of hydrazone groups is 2. The molecule has 2 aliphatic rings. The Bertz CT molecular complexity index is 489. The van der Waals surface area contributed by atoms with Crippen molar-refractivity contribution in [2.24, 2.45) is 10.2 Å². The third-order valence-electron chi connectivity index (χ3n) is 5.85. The number of carbonyl (C=O) groups is 2. The summed E-state index contributed by atoms with van der Waals surface area (Å²) >= 11 is 0. The van der Waals surface area contributed by atoms with Gasteiger partial charge in [-0.1, -0.05) is 44.9 Å². The van der Waals surface area contributed by atoms with Crippen molar-refractivity contribution in [3.05, 3.63) is 0 Å². The highest BCUT2D eigenvalue weighted by Crippen LogP contribution is 2.15. The maximum absolute atomic E-state index is 12.0. The Morgan fingerprint density at radius 2 is 0.897 bits per heavy atom. The highest BCUT2D eigenvalue weighted by Gasteiger charge is 2.08. The largest absolute Gasteiger partial charge is 0.273 e. The van der Waals surface area contributed by atoms with Gasteiger partial charge in [-0.15, -0.1) is 0 Å². The molecule has 2 fully saturated rings. The van der Waals surface area contributed by atoms with Gasteiger partial charge in [-0.3, -0.25) is 9.59 Å². The van der Waals surface area contributed by atoms with Gasteiger partial charge in [-0.2, -0.15) is 10.2 Å². The van der Waals surface area contributed by atoms with Crippen LogP contribution >= 0.6 is 0 Å². The molecule has 2 amide bonds. The molecular formula is C23H40N4O2. The fourth-order valence-corrected chi connectivity index (χ4v) is 3.99. The molecule has 0 aromatic rings. The highest BCUT2D eigenvalue weighted by molar-refractivity contribution is 5.87. The second-order valence-electron chi connectivity index (χ2n) is 8.52. The zero-order chi connectivity index (χ0) is 20.6. The van der Waals surface area contributed by atoms with Gasteiger partial charge in [0.2, 0.25) is 11.8 Å². The Labute approximate surface area is 176 Å². The Balaban J connectivity index is 1.51. The third kappa shape index (κ3) is 11.8. The van der Waals surface area contributed by atoms with E-state index in [0.29, 0.717) is 12.8 Å². The number of amides is 2. The van der Waals surface area contributed by atoms with Gasteiger partial charge in [0.05, 0.1) is 0 Å². The van der Waals surface area contributed by atoms with Crippen LogP contribution in [0.1, 0.15) is 122 Å². The third-order valence-corrected chi connectivity index (χ3v) is 5.85. The first-order valence-corrected chi connectivity index (χ1v) is 11.9. The minimum Gasteiger partial charge on any atom is -0.273 e. The molecule has 0 aromatic heterocycles. The average Bonchev–Trinajstić information content (AvgIpc) is 2.66. The van der Waals surface area contributed by atoms with Gasteiger partial charge in [0.1, 0.15) is 0 Å². The van der Waals surface area contributed by atoms with Gasteiger partial charge < -0.3 is 0 Å². The molecular weight excluding hydrogens is 364 g/mol. The lowest BCUT2D eigenvalue weighted by Crippen LogP contribution is -2.20. The number of rotatable bonds is 8. The molecule has 2 rings (SSSR count). The van der Waals surface area contributed by atoms with Crippen molar-refractivity contribution in [2.45, 2.75) is 122 Å². The molecule has 6 nitrogen and oxygen atoms in total. The molecule has 0 radical (unpaired) electrons. The van der Waals surface area contributed by atoms with E-state index in [4.69, 9.17) is 0 Å². The summed E-state index contributed by atoms with van der Waals surface area (Å²) in [6, 6.07) is 0. The van der Waals surface area contributed by atoms with Crippen LogP contribution in [0, 0.1) is 0 Å². The first-order chi connectivity index (χ1) is 14.2. The summed E-state index contributed by atoms with van der Waals surface area (Å²) in [4.78, 5) is 23.9. The molecule has 29 heavy (non-hydrogen) atoms.